The first-order valence-electron chi connectivity index (χ1n) is 12.9. The van der Waals surface area contributed by atoms with Crippen LogP contribution in [-0.4, -0.2) is 60.7 Å². The number of nitrogens with zero attached hydrogens (tertiary/aromatic N) is 1. The number of H-pyrrole nitrogens is 1. The highest BCUT2D eigenvalue weighted by Crippen LogP contribution is 2.42. The van der Waals surface area contributed by atoms with E-state index in [1.165, 1.54) is 6.42 Å². The van der Waals surface area contributed by atoms with Crippen LogP contribution in [0.2, 0.25) is 0 Å². The molecule has 0 aromatic carbocycles. The molecule has 0 bridgehead atoms. The number of aromatic nitrogens is 1. The van der Waals surface area contributed by atoms with Gasteiger partial charge in [0.25, 0.3) is 5.56 Å². The van der Waals surface area contributed by atoms with E-state index in [0.717, 1.165) is 63.4 Å². The van der Waals surface area contributed by atoms with Crippen molar-refractivity contribution in [1.29, 1.82) is 0 Å². The summed E-state index contributed by atoms with van der Waals surface area (Å²) in [5.41, 5.74) is 2.34. The van der Waals surface area contributed by atoms with Gasteiger partial charge in [-0.2, -0.15) is 0 Å². The first kappa shape index (κ1) is 24.4. The number of aromatic amines is 1. The molecule has 4 atom stereocenters. The standard InChI is InChI=1S/C26H42N4O3/c1-5-30(21-6-8-33-9-7-21)24-12-19(20-13-27-14-20)11-22(18(24)4)25(31)28-15-23-16(2)10-17(3)29-26(23)32/h10,18-22,24,27H,5-9,11-15H2,1-4H3,(H,28,31)(H,29,32). The van der Waals surface area contributed by atoms with Crippen molar-refractivity contribution in [2.75, 3.05) is 32.8 Å². The predicted octanol–water partition coefficient (Wildman–Crippen LogP) is 2.36. The molecular weight excluding hydrogens is 416 g/mol. The molecule has 4 unspecified atom stereocenters. The van der Waals surface area contributed by atoms with E-state index >= 15 is 0 Å². The Bertz CT molecular complexity index is 875. The molecule has 0 spiro atoms. The average Bonchev–Trinajstić information content (AvgIpc) is 2.74. The van der Waals surface area contributed by atoms with Gasteiger partial charge in [-0.25, -0.2) is 0 Å². The molecular formula is C26H42N4O3. The first-order valence-corrected chi connectivity index (χ1v) is 12.9. The van der Waals surface area contributed by atoms with Gasteiger partial charge in [0.15, 0.2) is 0 Å². The molecule has 1 saturated carbocycles. The van der Waals surface area contributed by atoms with Crippen molar-refractivity contribution in [3.05, 3.63) is 33.2 Å². The summed E-state index contributed by atoms with van der Waals surface area (Å²) in [5, 5.41) is 6.57. The summed E-state index contributed by atoms with van der Waals surface area (Å²) >= 11 is 0. The summed E-state index contributed by atoms with van der Waals surface area (Å²) in [6.07, 6.45) is 4.29. The monoisotopic (exact) mass is 458 g/mol. The fourth-order valence-electron chi connectivity index (χ4n) is 6.43. The lowest BCUT2D eigenvalue weighted by Gasteiger charge is -2.50. The number of hydrogen-bond donors (Lipinski definition) is 3. The predicted molar refractivity (Wildman–Crippen MR) is 130 cm³/mol. The number of carbonyl (C=O) groups is 1. The van der Waals surface area contributed by atoms with E-state index in [9.17, 15) is 9.59 Å². The van der Waals surface area contributed by atoms with Gasteiger partial charge in [-0.3, -0.25) is 14.5 Å². The van der Waals surface area contributed by atoms with Gasteiger partial charge in [0.2, 0.25) is 5.91 Å². The van der Waals surface area contributed by atoms with Crippen LogP contribution in [0.15, 0.2) is 10.9 Å². The molecule has 33 heavy (non-hydrogen) atoms. The molecule has 7 heteroatoms. The van der Waals surface area contributed by atoms with Gasteiger partial charge >= 0.3 is 0 Å². The third-order valence-electron chi connectivity index (χ3n) is 8.54. The summed E-state index contributed by atoms with van der Waals surface area (Å²) in [6.45, 7) is 13.5. The first-order chi connectivity index (χ1) is 15.9. The van der Waals surface area contributed by atoms with Gasteiger partial charge in [0.05, 0.1) is 0 Å². The number of pyridine rings is 1. The average molecular weight is 459 g/mol. The topological polar surface area (TPSA) is 86.5 Å². The number of carbonyl (C=O) groups excluding carboxylic acids is 1. The maximum absolute atomic E-state index is 13.5. The lowest BCUT2D eigenvalue weighted by atomic mass is 9.65. The highest BCUT2D eigenvalue weighted by atomic mass is 16.5. The Morgan fingerprint density at radius 3 is 2.52 bits per heavy atom. The van der Waals surface area contributed by atoms with Crippen LogP contribution in [0.25, 0.3) is 0 Å². The zero-order valence-corrected chi connectivity index (χ0v) is 20.8. The molecule has 2 saturated heterocycles. The van der Waals surface area contributed by atoms with E-state index < -0.39 is 0 Å². The third-order valence-corrected chi connectivity index (χ3v) is 8.54. The Hall–Kier alpha value is -1.70. The second-order valence-electron chi connectivity index (χ2n) is 10.5. The molecule has 1 aliphatic carbocycles. The quantitative estimate of drug-likeness (QED) is 0.584. The number of rotatable bonds is 7. The van der Waals surface area contributed by atoms with Gasteiger partial charge in [0, 0.05) is 49.0 Å². The van der Waals surface area contributed by atoms with Gasteiger partial charge in [-0.1, -0.05) is 13.8 Å². The van der Waals surface area contributed by atoms with Crippen molar-refractivity contribution in [3.63, 3.8) is 0 Å². The van der Waals surface area contributed by atoms with Crippen LogP contribution in [0.1, 0.15) is 56.4 Å². The molecule has 2 aliphatic heterocycles. The van der Waals surface area contributed by atoms with Crippen molar-refractivity contribution in [2.24, 2.45) is 23.7 Å². The Kier molecular flexibility index (Phi) is 7.92. The molecule has 1 aromatic rings. The molecule has 3 heterocycles. The fourth-order valence-corrected chi connectivity index (χ4v) is 6.43. The zero-order valence-electron chi connectivity index (χ0n) is 20.8. The molecule has 1 aromatic heterocycles. The number of nitrogens with one attached hydrogen (secondary N) is 3. The van der Waals surface area contributed by atoms with Crippen LogP contribution in [0.4, 0.5) is 0 Å². The van der Waals surface area contributed by atoms with Gasteiger partial charge < -0.3 is 20.4 Å². The Balaban J connectivity index is 1.50. The molecule has 7 nitrogen and oxygen atoms in total. The maximum atomic E-state index is 13.5. The highest BCUT2D eigenvalue weighted by molar-refractivity contribution is 5.79. The molecule has 3 aliphatic rings. The summed E-state index contributed by atoms with van der Waals surface area (Å²) < 4.78 is 5.63. The number of aryl methyl sites for hydroxylation is 2. The van der Waals surface area contributed by atoms with E-state index in [0.29, 0.717) is 36.0 Å². The smallest absolute Gasteiger partial charge is 0.253 e. The van der Waals surface area contributed by atoms with E-state index in [1.807, 2.05) is 19.9 Å². The number of amides is 1. The molecule has 4 rings (SSSR count). The van der Waals surface area contributed by atoms with E-state index in [1.54, 1.807) is 0 Å². The van der Waals surface area contributed by atoms with Crippen molar-refractivity contribution in [1.82, 2.24) is 20.5 Å². The molecule has 0 radical (unpaired) electrons. The minimum atomic E-state index is -0.0996. The van der Waals surface area contributed by atoms with E-state index in [-0.39, 0.29) is 23.3 Å². The van der Waals surface area contributed by atoms with Crippen LogP contribution in [0, 0.1) is 37.5 Å². The molecule has 184 valence electrons. The molecule has 3 N–H and O–H groups in total. The van der Waals surface area contributed by atoms with Crippen molar-refractivity contribution >= 4 is 5.91 Å². The fraction of sp³-hybridized carbons (Fsp3) is 0.769. The van der Waals surface area contributed by atoms with Crippen molar-refractivity contribution in [2.45, 2.75) is 72.0 Å². The molecule has 1 amide bonds. The Labute approximate surface area is 198 Å². The van der Waals surface area contributed by atoms with Crippen molar-refractivity contribution < 1.29 is 9.53 Å². The van der Waals surface area contributed by atoms with Gasteiger partial charge in [0.1, 0.15) is 0 Å². The summed E-state index contributed by atoms with van der Waals surface area (Å²) in [7, 11) is 0. The SMILES string of the molecule is CCN(C1CCOCC1)C1CC(C2CNC2)CC(C(=O)NCc2c(C)cc(C)[nH]c2=O)C1C. The zero-order chi connectivity index (χ0) is 23.5. The van der Waals surface area contributed by atoms with Gasteiger partial charge in [-0.05, 0) is 88.5 Å². The number of ether oxygens (including phenoxy) is 1. The minimum absolute atomic E-state index is 0.0203. The minimum Gasteiger partial charge on any atom is -0.381 e. The summed E-state index contributed by atoms with van der Waals surface area (Å²) in [4.78, 5) is 31.5. The Morgan fingerprint density at radius 2 is 1.91 bits per heavy atom. The summed E-state index contributed by atoms with van der Waals surface area (Å²) in [5.74, 6) is 1.61. The highest BCUT2D eigenvalue weighted by Gasteiger charge is 2.45. The number of hydrogen-bond acceptors (Lipinski definition) is 5. The Morgan fingerprint density at radius 1 is 1.18 bits per heavy atom. The second kappa shape index (κ2) is 10.7. The van der Waals surface area contributed by atoms with Crippen LogP contribution in [0.3, 0.4) is 0 Å². The normalized spacial score (nSPS) is 29.1. The van der Waals surface area contributed by atoms with Gasteiger partial charge in [-0.15, -0.1) is 0 Å². The van der Waals surface area contributed by atoms with Crippen LogP contribution >= 0.6 is 0 Å². The van der Waals surface area contributed by atoms with Crippen LogP contribution < -0.4 is 16.2 Å². The summed E-state index contributed by atoms with van der Waals surface area (Å²) in [6, 6.07) is 2.93. The second-order valence-corrected chi connectivity index (χ2v) is 10.5. The van der Waals surface area contributed by atoms with E-state index in [2.05, 4.69) is 34.4 Å². The lowest BCUT2D eigenvalue weighted by Crippen LogP contribution is -2.57. The maximum Gasteiger partial charge on any atom is 0.253 e. The molecule has 3 fully saturated rings. The van der Waals surface area contributed by atoms with Crippen LogP contribution in [-0.2, 0) is 16.1 Å². The van der Waals surface area contributed by atoms with E-state index in [4.69, 9.17) is 4.74 Å². The van der Waals surface area contributed by atoms with Crippen LogP contribution in [0.5, 0.6) is 0 Å². The third kappa shape index (κ3) is 5.36. The van der Waals surface area contributed by atoms with Crippen molar-refractivity contribution in [3.8, 4) is 0 Å². The lowest BCUT2D eigenvalue weighted by molar-refractivity contribution is -0.132. The largest absolute Gasteiger partial charge is 0.381 e.